The Morgan fingerprint density at radius 1 is 0.909 bits per heavy atom. The molecule has 0 atom stereocenters. The lowest BCUT2D eigenvalue weighted by atomic mass is 10.1. The van der Waals surface area contributed by atoms with E-state index in [1.54, 1.807) is 0 Å². The summed E-state index contributed by atoms with van der Waals surface area (Å²) in [5.74, 6) is 1.02. The number of aryl methyl sites for hydroxylation is 2. The minimum absolute atomic E-state index is 0.796. The average molecular weight is 297 g/mol. The Kier molecular flexibility index (Phi) is 6.98. The SMILES string of the molecule is Cc1ccc(OCCCCNCCc2ccccc2)c(C)c1. The first-order chi connectivity index (χ1) is 10.8. The summed E-state index contributed by atoms with van der Waals surface area (Å²) < 4.78 is 5.84. The number of hydrogen-bond acceptors (Lipinski definition) is 2. The number of hydrogen-bond donors (Lipinski definition) is 1. The molecule has 2 aromatic rings. The predicted molar refractivity (Wildman–Crippen MR) is 93.7 cm³/mol. The summed E-state index contributed by atoms with van der Waals surface area (Å²) in [6.07, 6.45) is 3.34. The zero-order chi connectivity index (χ0) is 15.6. The van der Waals surface area contributed by atoms with Gasteiger partial charge in [-0.1, -0.05) is 48.0 Å². The van der Waals surface area contributed by atoms with Crippen LogP contribution in [0.4, 0.5) is 0 Å². The van der Waals surface area contributed by atoms with Crippen LogP contribution < -0.4 is 10.1 Å². The van der Waals surface area contributed by atoms with Gasteiger partial charge in [0.25, 0.3) is 0 Å². The van der Waals surface area contributed by atoms with Crippen molar-refractivity contribution in [3.05, 3.63) is 65.2 Å². The Hall–Kier alpha value is -1.80. The third-order valence-electron chi connectivity index (χ3n) is 3.77. The van der Waals surface area contributed by atoms with Crippen molar-refractivity contribution in [2.75, 3.05) is 19.7 Å². The number of nitrogens with one attached hydrogen (secondary N) is 1. The summed E-state index contributed by atoms with van der Waals surface area (Å²) in [5.41, 5.74) is 3.90. The molecule has 0 amide bonds. The molecule has 0 aliphatic rings. The van der Waals surface area contributed by atoms with Gasteiger partial charge in [0.1, 0.15) is 5.75 Å². The van der Waals surface area contributed by atoms with Crippen molar-refractivity contribution in [2.45, 2.75) is 33.1 Å². The molecule has 0 saturated carbocycles. The molecule has 0 heterocycles. The summed E-state index contributed by atoms with van der Waals surface area (Å²) >= 11 is 0. The summed E-state index contributed by atoms with van der Waals surface area (Å²) in [6.45, 7) is 7.11. The molecular weight excluding hydrogens is 270 g/mol. The van der Waals surface area contributed by atoms with Crippen molar-refractivity contribution in [3.63, 3.8) is 0 Å². The van der Waals surface area contributed by atoms with Gasteiger partial charge in [-0.15, -0.1) is 0 Å². The summed E-state index contributed by atoms with van der Waals surface area (Å²) in [6, 6.07) is 17.0. The molecular formula is C20H27NO. The van der Waals surface area contributed by atoms with Crippen LogP contribution in [0.1, 0.15) is 29.5 Å². The first kappa shape index (κ1) is 16.6. The number of benzene rings is 2. The molecule has 0 aliphatic carbocycles. The Morgan fingerprint density at radius 3 is 2.50 bits per heavy atom. The highest BCUT2D eigenvalue weighted by Gasteiger charge is 1.99. The monoisotopic (exact) mass is 297 g/mol. The summed E-state index contributed by atoms with van der Waals surface area (Å²) in [7, 11) is 0. The van der Waals surface area contributed by atoms with E-state index >= 15 is 0 Å². The highest BCUT2D eigenvalue weighted by molar-refractivity contribution is 5.35. The molecule has 0 aromatic heterocycles. The Morgan fingerprint density at radius 2 is 1.73 bits per heavy atom. The largest absolute Gasteiger partial charge is 0.493 e. The third kappa shape index (κ3) is 5.90. The maximum atomic E-state index is 5.84. The molecule has 0 saturated heterocycles. The van der Waals surface area contributed by atoms with Gasteiger partial charge < -0.3 is 10.1 Å². The van der Waals surface area contributed by atoms with E-state index in [2.05, 4.69) is 67.7 Å². The van der Waals surface area contributed by atoms with E-state index in [-0.39, 0.29) is 0 Å². The molecule has 2 heteroatoms. The Labute approximate surface area is 134 Å². The quantitative estimate of drug-likeness (QED) is 0.697. The van der Waals surface area contributed by atoms with Gasteiger partial charge in [0, 0.05) is 0 Å². The van der Waals surface area contributed by atoms with Gasteiger partial charge in [0.15, 0.2) is 0 Å². The average Bonchev–Trinajstić information content (AvgIpc) is 2.52. The topological polar surface area (TPSA) is 21.3 Å². The normalized spacial score (nSPS) is 10.6. The second-order valence-electron chi connectivity index (χ2n) is 5.81. The smallest absolute Gasteiger partial charge is 0.122 e. The van der Waals surface area contributed by atoms with Gasteiger partial charge in [-0.25, -0.2) is 0 Å². The van der Waals surface area contributed by atoms with Crippen LogP contribution in [0.15, 0.2) is 48.5 Å². The molecule has 22 heavy (non-hydrogen) atoms. The van der Waals surface area contributed by atoms with Gasteiger partial charge >= 0.3 is 0 Å². The van der Waals surface area contributed by atoms with Crippen LogP contribution in [0.3, 0.4) is 0 Å². The lowest BCUT2D eigenvalue weighted by molar-refractivity contribution is 0.304. The third-order valence-corrected chi connectivity index (χ3v) is 3.77. The molecule has 0 spiro atoms. The second-order valence-corrected chi connectivity index (χ2v) is 5.81. The van der Waals surface area contributed by atoms with Crippen molar-refractivity contribution in [2.24, 2.45) is 0 Å². The van der Waals surface area contributed by atoms with E-state index in [4.69, 9.17) is 4.74 Å². The molecule has 0 radical (unpaired) electrons. The maximum absolute atomic E-state index is 5.84. The first-order valence-corrected chi connectivity index (χ1v) is 8.20. The number of ether oxygens (including phenoxy) is 1. The molecule has 0 unspecified atom stereocenters. The predicted octanol–water partition coefficient (Wildman–Crippen LogP) is 4.29. The fraction of sp³-hybridized carbons (Fsp3) is 0.400. The zero-order valence-corrected chi connectivity index (χ0v) is 13.8. The maximum Gasteiger partial charge on any atom is 0.122 e. The lowest BCUT2D eigenvalue weighted by Gasteiger charge is -2.10. The minimum atomic E-state index is 0.796. The van der Waals surface area contributed by atoms with E-state index in [0.29, 0.717) is 0 Å². The van der Waals surface area contributed by atoms with E-state index in [1.807, 2.05) is 0 Å². The van der Waals surface area contributed by atoms with Crippen LogP contribution in [0, 0.1) is 13.8 Å². The van der Waals surface area contributed by atoms with Crippen LogP contribution in [-0.4, -0.2) is 19.7 Å². The van der Waals surface area contributed by atoms with Gasteiger partial charge in [0.05, 0.1) is 6.61 Å². The van der Waals surface area contributed by atoms with Crippen LogP contribution >= 0.6 is 0 Å². The van der Waals surface area contributed by atoms with Crippen LogP contribution in [-0.2, 0) is 6.42 Å². The summed E-state index contributed by atoms with van der Waals surface area (Å²) in [5, 5.41) is 3.50. The van der Waals surface area contributed by atoms with Crippen molar-refractivity contribution in [1.29, 1.82) is 0 Å². The summed E-state index contributed by atoms with van der Waals surface area (Å²) in [4.78, 5) is 0. The van der Waals surface area contributed by atoms with Gasteiger partial charge in [0.2, 0.25) is 0 Å². The molecule has 1 N–H and O–H groups in total. The van der Waals surface area contributed by atoms with Crippen LogP contribution in [0.5, 0.6) is 5.75 Å². The van der Waals surface area contributed by atoms with E-state index in [9.17, 15) is 0 Å². The molecule has 118 valence electrons. The van der Waals surface area contributed by atoms with Gasteiger partial charge in [-0.3, -0.25) is 0 Å². The van der Waals surface area contributed by atoms with E-state index in [0.717, 1.165) is 44.7 Å². The van der Waals surface area contributed by atoms with E-state index in [1.165, 1.54) is 16.7 Å². The van der Waals surface area contributed by atoms with Crippen molar-refractivity contribution in [1.82, 2.24) is 5.32 Å². The standard InChI is InChI=1S/C20H27NO/c1-17-10-11-20(18(2)16-17)22-15-7-6-13-21-14-12-19-8-4-3-5-9-19/h3-5,8-11,16,21H,6-7,12-15H2,1-2H3. The highest BCUT2D eigenvalue weighted by Crippen LogP contribution is 2.18. The van der Waals surface area contributed by atoms with Crippen LogP contribution in [0.2, 0.25) is 0 Å². The van der Waals surface area contributed by atoms with Crippen LogP contribution in [0.25, 0.3) is 0 Å². The second kappa shape index (κ2) is 9.26. The minimum Gasteiger partial charge on any atom is -0.493 e. The zero-order valence-electron chi connectivity index (χ0n) is 13.8. The van der Waals surface area contributed by atoms with E-state index < -0.39 is 0 Å². The fourth-order valence-electron chi connectivity index (χ4n) is 2.50. The number of unbranched alkanes of at least 4 members (excludes halogenated alkanes) is 1. The molecule has 2 aromatic carbocycles. The molecule has 0 fully saturated rings. The van der Waals surface area contributed by atoms with Crippen molar-refractivity contribution >= 4 is 0 Å². The van der Waals surface area contributed by atoms with Crippen molar-refractivity contribution < 1.29 is 4.74 Å². The van der Waals surface area contributed by atoms with Gasteiger partial charge in [-0.2, -0.15) is 0 Å². The molecule has 2 rings (SSSR count). The molecule has 0 bridgehead atoms. The van der Waals surface area contributed by atoms with Crippen molar-refractivity contribution in [3.8, 4) is 5.75 Å². The Bertz CT molecular complexity index is 551. The Balaban J connectivity index is 1.51. The molecule has 2 nitrogen and oxygen atoms in total. The van der Waals surface area contributed by atoms with Gasteiger partial charge in [-0.05, 0) is 63.4 Å². The fourth-order valence-corrected chi connectivity index (χ4v) is 2.50. The number of rotatable bonds is 9. The highest BCUT2D eigenvalue weighted by atomic mass is 16.5. The molecule has 0 aliphatic heterocycles. The lowest BCUT2D eigenvalue weighted by Crippen LogP contribution is -2.19. The first-order valence-electron chi connectivity index (χ1n) is 8.20.